The van der Waals surface area contributed by atoms with Gasteiger partial charge in [-0.1, -0.05) is 13.8 Å². The Bertz CT molecular complexity index is 339. The number of rotatable bonds is 5. The summed E-state index contributed by atoms with van der Waals surface area (Å²) in [6, 6.07) is 2.19. The normalized spacial score (nSPS) is 13.1. The SMILES string of the molecule is CC(C)(N)CNCC(C)(C)c1cc(Br)cs1. The van der Waals surface area contributed by atoms with Gasteiger partial charge in [-0.15, -0.1) is 11.3 Å². The summed E-state index contributed by atoms with van der Waals surface area (Å²) in [5, 5.41) is 5.57. The molecule has 92 valence electrons. The van der Waals surface area contributed by atoms with Gasteiger partial charge in [0, 0.05) is 38.8 Å². The molecule has 0 aromatic carbocycles. The lowest BCUT2D eigenvalue weighted by Gasteiger charge is -2.27. The van der Waals surface area contributed by atoms with Crippen LogP contribution in [0.2, 0.25) is 0 Å². The molecular formula is C12H21BrN2S. The molecule has 1 aromatic heterocycles. The average Bonchev–Trinajstić information content (AvgIpc) is 2.49. The second kappa shape index (κ2) is 5.17. The number of nitrogens with two attached hydrogens (primary N) is 1. The molecule has 1 aromatic rings. The van der Waals surface area contributed by atoms with Gasteiger partial charge < -0.3 is 11.1 Å². The van der Waals surface area contributed by atoms with Crippen LogP contribution in [0.5, 0.6) is 0 Å². The Balaban J connectivity index is 2.52. The number of halogens is 1. The number of hydrogen-bond donors (Lipinski definition) is 2. The molecule has 1 heterocycles. The van der Waals surface area contributed by atoms with Crippen LogP contribution >= 0.6 is 27.3 Å². The predicted molar refractivity (Wildman–Crippen MR) is 76.2 cm³/mol. The van der Waals surface area contributed by atoms with Crippen molar-refractivity contribution < 1.29 is 0 Å². The van der Waals surface area contributed by atoms with E-state index >= 15 is 0 Å². The monoisotopic (exact) mass is 304 g/mol. The Hall–Kier alpha value is 0.1000. The van der Waals surface area contributed by atoms with Crippen molar-refractivity contribution in [2.24, 2.45) is 5.73 Å². The van der Waals surface area contributed by atoms with Crippen molar-refractivity contribution in [1.82, 2.24) is 5.32 Å². The minimum absolute atomic E-state index is 0.147. The molecule has 4 heteroatoms. The third-order valence-corrected chi connectivity index (χ3v) is 4.44. The van der Waals surface area contributed by atoms with Crippen molar-refractivity contribution in [3.8, 4) is 0 Å². The maximum Gasteiger partial charge on any atom is 0.0285 e. The van der Waals surface area contributed by atoms with Crippen LogP contribution in [-0.4, -0.2) is 18.6 Å². The van der Waals surface area contributed by atoms with E-state index in [2.05, 4.69) is 46.5 Å². The third-order valence-electron chi connectivity index (χ3n) is 2.38. The fourth-order valence-electron chi connectivity index (χ4n) is 1.45. The second-order valence-electron chi connectivity index (χ2n) is 5.61. The highest BCUT2D eigenvalue weighted by Gasteiger charge is 2.23. The number of hydrogen-bond acceptors (Lipinski definition) is 3. The van der Waals surface area contributed by atoms with Crippen molar-refractivity contribution in [2.45, 2.75) is 38.6 Å². The Morgan fingerprint density at radius 2 is 1.94 bits per heavy atom. The summed E-state index contributed by atoms with van der Waals surface area (Å²) in [6.07, 6.45) is 0. The first-order valence-electron chi connectivity index (χ1n) is 5.45. The van der Waals surface area contributed by atoms with Gasteiger partial charge in [0.2, 0.25) is 0 Å². The molecule has 16 heavy (non-hydrogen) atoms. The van der Waals surface area contributed by atoms with Crippen molar-refractivity contribution in [2.75, 3.05) is 13.1 Å². The van der Waals surface area contributed by atoms with Gasteiger partial charge in [-0.3, -0.25) is 0 Å². The van der Waals surface area contributed by atoms with Crippen molar-refractivity contribution >= 4 is 27.3 Å². The van der Waals surface area contributed by atoms with E-state index in [4.69, 9.17) is 5.73 Å². The van der Waals surface area contributed by atoms with Crippen LogP contribution in [0.25, 0.3) is 0 Å². The van der Waals surface area contributed by atoms with Gasteiger partial charge in [-0.25, -0.2) is 0 Å². The quantitative estimate of drug-likeness (QED) is 0.877. The van der Waals surface area contributed by atoms with Crippen LogP contribution in [0.15, 0.2) is 15.9 Å². The minimum atomic E-state index is -0.147. The minimum Gasteiger partial charge on any atom is -0.324 e. The van der Waals surface area contributed by atoms with Crippen LogP contribution in [0, 0.1) is 0 Å². The van der Waals surface area contributed by atoms with Gasteiger partial charge in [-0.05, 0) is 35.8 Å². The summed E-state index contributed by atoms with van der Waals surface area (Å²) in [5.74, 6) is 0. The third kappa shape index (κ3) is 4.53. The summed E-state index contributed by atoms with van der Waals surface area (Å²) in [5.41, 5.74) is 5.95. The second-order valence-corrected chi connectivity index (χ2v) is 7.43. The lowest BCUT2D eigenvalue weighted by Crippen LogP contribution is -2.46. The number of nitrogens with one attached hydrogen (secondary N) is 1. The molecule has 0 aliphatic carbocycles. The first-order chi connectivity index (χ1) is 7.21. The van der Waals surface area contributed by atoms with E-state index in [-0.39, 0.29) is 11.0 Å². The maximum atomic E-state index is 5.94. The van der Waals surface area contributed by atoms with Gasteiger partial charge in [0.15, 0.2) is 0 Å². The van der Waals surface area contributed by atoms with E-state index < -0.39 is 0 Å². The van der Waals surface area contributed by atoms with Crippen LogP contribution in [-0.2, 0) is 5.41 Å². The van der Waals surface area contributed by atoms with Crippen LogP contribution in [0.4, 0.5) is 0 Å². The Kier molecular flexibility index (Phi) is 4.57. The van der Waals surface area contributed by atoms with E-state index in [0.717, 1.165) is 13.1 Å². The van der Waals surface area contributed by atoms with E-state index in [1.165, 1.54) is 9.35 Å². The summed E-state index contributed by atoms with van der Waals surface area (Å²) < 4.78 is 1.17. The summed E-state index contributed by atoms with van der Waals surface area (Å²) in [6.45, 7) is 10.4. The highest BCUT2D eigenvalue weighted by atomic mass is 79.9. The molecule has 0 amide bonds. The lowest BCUT2D eigenvalue weighted by atomic mass is 9.91. The van der Waals surface area contributed by atoms with Crippen LogP contribution in [0.3, 0.4) is 0 Å². The molecule has 0 atom stereocenters. The van der Waals surface area contributed by atoms with Gasteiger partial charge >= 0.3 is 0 Å². The van der Waals surface area contributed by atoms with Gasteiger partial charge in [0.05, 0.1) is 0 Å². The molecule has 3 N–H and O–H groups in total. The zero-order chi connectivity index (χ0) is 12.4. The zero-order valence-electron chi connectivity index (χ0n) is 10.4. The molecule has 0 radical (unpaired) electrons. The lowest BCUT2D eigenvalue weighted by molar-refractivity contribution is 0.414. The Morgan fingerprint density at radius 3 is 2.38 bits per heavy atom. The summed E-state index contributed by atoms with van der Waals surface area (Å²) >= 11 is 5.29. The molecular weight excluding hydrogens is 284 g/mol. The molecule has 0 saturated carbocycles. The average molecular weight is 305 g/mol. The first kappa shape index (κ1) is 14.2. The summed E-state index contributed by atoms with van der Waals surface area (Å²) in [4.78, 5) is 1.39. The molecule has 0 unspecified atom stereocenters. The van der Waals surface area contributed by atoms with Crippen molar-refractivity contribution in [1.29, 1.82) is 0 Å². The van der Waals surface area contributed by atoms with E-state index in [1.54, 1.807) is 11.3 Å². The molecule has 1 rings (SSSR count). The van der Waals surface area contributed by atoms with Gasteiger partial charge in [-0.2, -0.15) is 0 Å². The first-order valence-corrected chi connectivity index (χ1v) is 7.12. The van der Waals surface area contributed by atoms with Crippen LogP contribution < -0.4 is 11.1 Å². The van der Waals surface area contributed by atoms with E-state index in [9.17, 15) is 0 Å². The van der Waals surface area contributed by atoms with Gasteiger partial charge in [0.25, 0.3) is 0 Å². The highest BCUT2D eigenvalue weighted by Crippen LogP contribution is 2.30. The van der Waals surface area contributed by atoms with Crippen molar-refractivity contribution in [3.63, 3.8) is 0 Å². The predicted octanol–water partition coefficient (Wildman–Crippen LogP) is 3.12. The standard InChI is InChI=1S/C12H21BrN2S/c1-11(2,7-15-8-12(3,4)14)10-5-9(13)6-16-10/h5-6,15H,7-8,14H2,1-4H3. The molecule has 2 nitrogen and oxygen atoms in total. The molecule has 0 fully saturated rings. The molecule has 0 bridgehead atoms. The molecule has 0 aliphatic rings. The fourth-order valence-corrected chi connectivity index (χ4v) is 3.01. The Labute approximate surface area is 111 Å². The molecule has 0 aliphatic heterocycles. The Morgan fingerprint density at radius 1 is 1.31 bits per heavy atom. The largest absolute Gasteiger partial charge is 0.324 e. The molecule has 0 saturated heterocycles. The smallest absolute Gasteiger partial charge is 0.0285 e. The fraction of sp³-hybridized carbons (Fsp3) is 0.667. The summed E-state index contributed by atoms with van der Waals surface area (Å²) in [7, 11) is 0. The topological polar surface area (TPSA) is 38.0 Å². The molecule has 0 spiro atoms. The highest BCUT2D eigenvalue weighted by molar-refractivity contribution is 9.10. The van der Waals surface area contributed by atoms with Gasteiger partial charge in [0.1, 0.15) is 0 Å². The van der Waals surface area contributed by atoms with Crippen molar-refractivity contribution in [3.05, 3.63) is 20.8 Å². The van der Waals surface area contributed by atoms with E-state index in [1.807, 2.05) is 13.8 Å². The zero-order valence-corrected chi connectivity index (χ0v) is 12.8. The van der Waals surface area contributed by atoms with Crippen LogP contribution in [0.1, 0.15) is 32.6 Å². The van der Waals surface area contributed by atoms with E-state index in [0.29, 0.717) is 0 Å². The maximum absolute atomic E-state index is 5.94. The number of thiophene rings is 1.